The number of carbonyl (C=O) groups is 2. The summed E-state index contributed by atoms with van der Waals surface area (Å²) in [5.74, 6) is -1.52. The number of likely N-dealkylation sites (N-methyl/N-ethyl adjacent to an activating group) is 1. The van der Waals surface area contributed by atoms with Crippen LogP contribution in [0.25, 0.3) is 10.8 Å². The second-order valence-electron chi connectivity index (χ2n) is 8.88. The zero-order valence-corrected chi connectivity index (χ0v) is 21.8. The van der Waals surface area contributed by atoms with Crippen LogP contribution in [0.1, 0.15) is 32.8 Å². The van der Waals surface area contributed by atoms with Crippen molar-refractivity contribution >= 4 is 32.6 Å². The number of hydrogen-bond acceptors (Lipinski definition) is 4. The SMILES string of the molecule is CC[C@H](C)NC(=O)[C@@H](C)N(Cc1ccccc1F)C(=O)CN(C)S(=O)(=O)c1ccc2ccccc2c1. The van der Waals surface area contributed by atoms with Gasteiger partial charge in [-0.2, -0.15) is 4.31 Å². The van der Waals surface area contributed by atoms with Gasteiger partial charge in [0.2, 0.25) is 21.8 Å². The van der Waals surface area contributed by atoms with Gasteiger partial charge in [-0.25, -0.2) is 12.8 Å². The van der Waals surface area contributed by atoms with Crippen LogP contribution < -0.4 is 5.32 Å². The number of rotatable bonds is 10. The molecule has 0 unspecified atom stereocenters. The van der Waals surface area contributed by atoms with Crippen molar-refractivity contribution in [3.8, 4) is 0 Å². The van der Waals surface area contributed by atoms with Crippen molar-refractivity contribution in [3.05, 3.63) is 78.1 Å². The van der Waals surface area contributed by atoms with Crippen molar-refractivity contribution in [1.82, 2.24) is 14.5 Å². The lowest BCUT2D eigenvalue weighted by atomic mass is 10.1. The molecule has 0 saturated carbocycles. The molecular weight excluding hydrogens is 481 g/mol. The average Bonchev–Trinajstić information content (AvgIpc) is 2.87. The molecule has 9 heteroatoms. The van der Waals surface area contributed by atoms with E-state index in [1.54, 1.807) is 25.1 Å². The third kappa shape index (κ3) is 6.27. The number of halogens is 1. The smallest absolute Gasteiger partial charge is 0.243 e. The van der Waals surface area contributed by atoms with Crippen LogP contribution in [0, 0.1) is 5.82 Å². The van der Waals surface area contributed by atoms with Crippen LogP contribution in [0.4, 0.5) is 4.39 Å². The molecule has 0 saturated heterocycles. The molecule has 192 valence electrons. The van der Waals surface area contributed by atoms with Crippen LogP contribution >= 0.6 is 0 Å². The molecule has 0 radical (unpaired) electrons. The van der Waals surface area contributed by atoms with Gasteiger partial charge in [-0.1, -0.05) is 55.5 Å². The minimum Gasteiger partial charge on any atom is -0.352 e. The van der Waals surface area contributed by atoms with Crippen molar-refractivity contribution < 1.29 is 22.4 Å². The van der Waals surface area contributed by atoms with Crippen LogP contribution in [-0.2, 0) is 26.2 Å². The Labute approximate surface area is 212 Å². The van der Waals surface area contributed by atoms with Crippen LogP contribution in [-0.4, -0.2) is 55.1 Å². The number of benzene rings is 3. The monoisotopic (exact) mass is 513 g/mol. The summed E-state index contributed by atoms with van der Waals surface area (Å²) in [7, 11) is -2.68. The predicted octanol–water partition coefficient (Wildman–Crippen LogP) is 3.93. The Balaban J connectivity index is 1.86. The zero-order chi connectivity index (χ0) is 26.5. The second-order valence-corrected chi connectivity index (χ2v) is 10.9. The first-order valence-electron chi connectivity index (χ1n) is 11.8. The Morgan fingerprint density at radius 3 is 2.28 bits per heavy atom. The molecule has 0 aliphatic carbocycles. The maximum atomic E-state index is 14.4. The number of nitrogens with one attached hydrogen (secondary N) is 1. The Morgan fingerprint density at radius 1 is 0.972 bits per heavy atom. The van der Waals surface area contributed by atoms with Crippen molar-refractivity contribution in [3.63, 3.8) is 0 Å². The van der Waals surface area contributed by atoms with E-state index < -0.39 is 40.2 Å². The third-order valence-corrected chi connectivity index (χ3v) is 8.05. The van der Waals surface area contributed by atoms with E-state index in [-0.39, 0.29) is 23.0 Å². The summed E-state index contributed by atoms with van der Waals surface area (Å²) in [6, 6.07) is 17.1. The summed E-state index contributed by atoms with van der Waals surface area (Å²) in [5.41, 5.74) is 0.231. The molecule has 7 nitrogen and oxygen atoms in total. The van der Waals surface area contributed by atoms with E-state index >= 15 is 0 Å². The van der Waals surface area contributed by atoms with Gasteiger partial charge in [0.25, 0.3) is 0 Å². The molecule has 0 aromatic heterocycles. The normalized spacial score (nSPS) is 13.4. The largest absolute Gasteiger partial charge is 0.352 e. The first-order chi connectivity index (χ1) is 17.0. The van der Waals surface area contributed by atoms with E-state index in [1.807, 2.05) is 38.1 Å². The lowest BCUT2D eigenvalue weighted by molar-refractivity contribution is -0.140. The summed E-state index contributed by atoms with van der Waals surface area (Å²) < 4.78 is 41.9. The summed E-state index contributed by atoms with van der Waals surface area (Å²) in [4.78, 5) is 27.5. The highest BCUT2D eigenvalue weighted by Gasteiger charge is 2.31. The molecule has 2 amide bonds. The maximum Gasteiger partial charge on any atom is 0.243 e. The highest BCUT2D eigenvalue weighted by Crippen LogP contribution is 2.22. The molecule has 0 heterocycles. The quantitative estimate of drug-likeness (QED) is 0.445. The average molecular weight is 514 g/mol. The van der Waals surface area contributed by atoms with Crippen LogP contribution in [0.15, 0.2) is 71.6 Å². The number of sulfonamides is 1. The van der Waals surface area contributed by atoms with Gasteiger partial charge >= 0.3 is 0 Å². The maximum absolute atomic E-state index is 14.4. The van der Waals surface area contributed by atoms with E-state index in [9.17, 15) is 22.4 Å². The minimum atomic E-state index is -4.00. The molecule has 2 atom stereocenters. The Bertz CT molecular complexity index is 1350. The molecule has 1 N–H and O–H groups in total. The number of amides is 2. The number of nitrogens with zero attached hydrogens (tertiary/aromatic N) is 2. The molecule has 0 bridgehead atoms. The van der Waals surface area contributed by atoms with Gasteiger partial charge in [-0.05, 0) is 49.2 Å². The van der Waals surface area contributed by atoms with E-state index in [0.29, 0.717) is 6.42 Å². The van der Waals surface area contributed by atoms with Crippen LogP contribution in [0.5, 0.6) is 0 Å². The van der Waals surface area contributed by atoms with E-state index in [0.717, 1.165) is 15.1 Å². The lowest BCUT2D eigenvalue weighted by Gasteiger charge is -2.31. The first kappa shape index (κ1) is 27.3. The first-order valence-corrected chi connectivity index (χ1v) is 13.3. The summed E-state index contributed by atoms with van der Waals surface area (Å²) in [6.07, 6.45) is 0.701. The minimum absolute atomic E-state index is 0.0553. The van der Waals surface area contributed by atoms with Crippen molar-refractivity contribution in [2.75, 3.05) is 13.6 Å². The molecule has 0 aliphatic rings. The predicted molar refractivity (Wildman–Crippen MR) is 138 cm³/mol. The molecule has 3 rings (SSSR count). The Morgan fingerprint density at radius 2 is 1.61 bits per heavy atom. The van der Waals surface area contributed by atoms with Gasteiger partial charge in [0, 0.05) is 25.2 Å². The summed E-state index contributed by atoms with van der Waals surface area (Å²) in [6.45, 7) is 4.63. The van der Waals surface area contributed by atoms with Crippen molar-refractivity contribution in [2.45, 2.75) is 50.7 Å². The fraction of sp³-hybridized carbons (Fsp3) is 0.333. The number of carbonyl (C=O) groups excluding carboxylic acids is 2. The van der Waals surface area contributed by atoms with Gasteiger partial charge in [0.05, 0.1) is 11.4 Å². The molecule has 0 fully saturated rings. The van der Waals surface area contributed by atoms with E-state index in [4.69, 9.17) is 0 Å². The fourth-order valence-corrected chi connectivity index (χ4v) is 4.89. The molecular formula is C27H32FN3O4S. The topological polar surface area (TPSA) is 86.8 Å². The van der Waals surface area contributed by atoms with E-state index in [2.05, 4.69) is 5.32 Å². The molecule has 3 aromatic carbocycles. The highest BCUT2D eigenvalue weighted by molar-refractivity contribution is 7.89. The fourth-order valence-electron chi connectivity index (χ4n) is 3.73. The van der Waals surface area contributed by atoms with E-state index in [1.165, 1.54) is 36.2 Å². The molecule has 36 heavy (non-hydrogen) atoms. The highest BCUT2D eigenvalue weighted by atomic mass is 32.2. The summed E-state index contributed by atoms with van der Waals surface area (Å²) >= 11 is 0. The van der Waals surface area contributed by atoms with Crippen LogP contribution in [0.3, 0.4) is 0 Å². The van der Waals surface area contributed by atoms with Gasteiger partial charge in [-0.3, -0.25) is 9.59 Å². The molecule has 0 aliphatic heterocycles. The Kier molecular flexibility index (Phi) is 8.81. The second kappa shape index (κ2) is 11.6. The van der Waals surface area contributed by atoms with Crippen molar-refractivity contribution in [2.24, 2.45) is 0 Å². The number of fused-ring (bicyclic) bond motifs is 1. The molecule has 3 aromatic rings. The van der Waals surface area contributed by atoms with Crippen molar-refractivity contribution in [1.29, 1.82) is 0 Å². The van der Waals surface area contributed by atoms with Gasteiger partial charge in [-0.15, -0.1) is 0 Å². The number of hydrogen-bond donors (Lipinski definition) is 1. The van der Waals surface area contributed by atoms with Gasteiger partial charge in [0.15, 0.2) is 0 Å². The lowest BCUT2D eigenvalue weighted by Crippen LogP contribution is -2.52. The van der Waals surface area contributed by atoms with Gasteiger partial charge < -0.3 is 10.2 Å². The van der Waals surface area contributed by atoms with Crippen LogP contribution in [0.2, 0.25) is 0 Å². The van der Waals surface area contributed by atoms with Gasteiger partial charge in [0.1, 0.15) is 11.9 Å². The summed E-state index contributed by atoms with van der Waals surface area (Å²) in [5, 5.41) is 4.49. The third-order valence-electron chi connectivity index (χ3n) is 6.25. The standard InChI is InChI=1S/C27H32FN3O4S/c1-5-19(2)29-27(33)20(3)31(17-23-12-8-9-13-25(23)28)26(32)18-30(4)36(34,35)24-15-14-21-10-6-7-11-22(21)16-24/h6-16,19-20H,5,17-18H2,1-4H3,(H,29,33)/t19-,20+/m0/s1. The zero-order valence-electron chi connectivity index (χ0n) is 20.9. The Hall–Kier alpha value is -3.30. The molecule has 0 spiro atoms.